The molecule has 4 nitrogen and oxygen atoms in total. The van der Waals surface area contributed by atoms with E-state index in [4.69, 9.17) is 5.11 Å². The Kier molecular flexibility index (Phi) is 4.44. The Hall–Kier alpha value is -1.91. The van der Waals surface area contributed by atoms with Crippen molar-refractivity contribution in [3.8, 4) is 0 Å². The predicted octanol–water partition coefficient (Wildman–Crippen LogP) is 1.01. The second-order valence-corrected chi connectivity index (χ2v) is 3.22. The average Bonchev–Trinajstić information content (AvgIpc) is 2.25. The summed E-state index contributed by atoms with van der Waals surface area (Å²) < 4.78 is 11.8. The molecule has 2 N–H and O–H groups in total. The van der Waals surface area contributed by atoms with Gasteiger partial charge in [-0.15, -0.1) is 0 Å². The molecule has 0 unspecified atom stereocenters. The molecule has 0 heterocycles. The molecule has 1 rings (SSSR count). The van der Waals surface area contributed by atoms with E-state index in [1.807, 2.05) is 0 Å². The normalized spacial score (nSPS) is 9.81. The second-order valence-electron chi connectivity index (χ2n) is 3.22. The van der Waals surface area contributed by atoms with Gasteiger partial charge in [0.2, 0.25) is 0 Å². The molecule has 0 aliphatic carbocycles. The maximum absolute atomic E-state index is 11.8. The zero-order valence-corrected chi connectivity index (χ0v) is 8.57. The number of halogens is 1. The predicted molar refractivity (Wildman–Crippen MR) is 56.1 cm³/mol. The SMILES string of the molecule is O=C(O)Cc1cccc(C(=O)NCCF)c1. The molecule has 0 saturated heterocycles. The number of carbonyl (C=O) groups is 2. The van der Waals surface area contributed by atoms with E-state index in [1.54, 1.807) is 18.2 Å². The fraction of sp³-hybridized carbons (Fsp3) is 0.273. The van der Waals surface area contributed by atoms with E-state index in [-0.39, 0.29) is 13.0 Å². The minimum atomic E-state index is -0.957. The van der Waals surface area contributed by atoms with E-state index in [0.29, 0.717) is 11.1 Å². The van der Waals surface area contributed by atoms with Crippen LogP contribution in [0.4, 0.5) is 4.39 Å². The van der Waals surface area contributed by atoms with E-state index in [9.17, 15) is 14.0 Å². The molecule has 0 aliphatic rings. The Morgan fingerprint density at radius 1 is 1.38 bits per heavy atom. The topological polar surface area (TPSA) is 66.4 Å². The molecule has 0 aliphatic heterocycles. The van der Waals surface area contributed by atoms with Crippen LogP contribution in [-0.2, 0) is 11.2 Å². The third-order valence-electron chi connectivity index (χ3n) is 1.92. The van der Waals surface area contributed by atoms with Crippen molar-refractivity contribution in [1.29, 1.82) is 0 Å². The van der Waals surface area contributed by atoms with Crippen LogP contribution in [0, 0.1) is 0 Å². The molecule has 16 heavy (non-hydrogen) atoms. The van der Waals surface area contributed by atoms with E-state index >= 15 is 0 Å². The van der Waals surface area contributed by atoms with Crippen LogP contribution in [0.25, 0.3) is 0 Å². The van der Waals surface area contributed by atoms with Gasteiger partial charge in [0.15, 0.2) is 0 Å². The molecule has 0 atom stereocenters. The van der Waals surface area contributed by atoms with Crippen LogP contribution in [0.3, 0.4) is 0 Å². The standard InChI is InChI=1S/C11H12FNO3/c12-4-5-13-11(16)9-3-1-2-8(6-9)7-10(14)15/h1-3,6H,4-5,7H2,(H,13,16)(H,14,15). The Morgan fingerprint density at radius 3 is 2.75 bits per heavy atom. The van der Waals surface area contributed by atoms with Crippen molar-refractivity contribution in [2.75, 3.05) is 13.2 Å². The van der Waals surface area contributed by atoms with E-state index in [1.165, 1.54) is 6.07 Å². The molecule has 86 valence electrons. The molecule has 0 fully saturated rings. The Balaban J connectivity index is 2.73. The number of aliphatic carboxylic acids is 1. The summed E-state index contributed by atoms with van der Waals surface area (Å²) >= 11 is 0. The van der Waals surface area contributed by atoms with Crippen molar-refractivity contribution in [2.45, 2.75) is 6.42 Å². The lowest BCUT2D eigenvalue weighted by atomic mass is 10.1. The van der Waals surface area contributed by atoms with Crippen molar-refractivity contribution in [1.82, 2.24) is 5.32 Å². The number of carboxylic acid groups (broad SMARTS) is 1. The van der Waals surface area contributed by atoms with E-state index < -0.39 is 18.6 Å². The number of carbonyl (C=O) groups excluding carboxylic acids is 1. The summed E-state index contributed by atoms with van der Waals surface area (Å²) in [6.07, 6.45) is -0.135. The number of hydrogen-bond acceptors (Lipinski definition) is 2. The zero-order chi connectivity index (χ0) is 12.0. The number of amides is 1. The van der Waals surface area contributed by atoms with Gasteiger partial charge in [-0.3, -0.25) is 9.59 Å². The van der Waals surface area contributed by atoms with Crippen LogP contribution in [0.2, 0.25) is 0 Å². The van der Waals surface area contributed by atoms with Crippen molar-refractivity contribution in [3.63, 3.8) is 0 Å². The summed E-state index contributed by atoms with van der Waals surface area (Å²) in [6, 6.07) is 6.27. The minimum absolute atomic E-state index is 0.0397. The second kappa shape index (κ2) is 5.85. The summed E-state index contributed by atoms with van der Waals surface area (Å²) in [4.78, 5) is 21.9. The molecule has 1 amide bonds. The highest BCUT2D eigenvalue weighted by Gasteiger charge is 2.07. The highest BCUT2D eigenvalue weighted by Crippen LogP contribution is 2.06. The Bertz CT molecular complexity index is 393. The largest absolute Gasteiger partial charge is 0.481 e. The van der Waals surface area contributed by atoms with Crippen LogP contribution >= 0.6 is 0 Å². The van der Waals surface area contributed by atoms with Gasteiger partial charge in [-0.1, -0.05) is 12.1 Å². The van der Waals surface area contributed by atoms with Crippen molar-refractivity contribution >= 4 is 11.9 Å². The first-order chi connectivity index (χ1) is 7.63. The third kappa shape index (κ3) is 3.68. The molecular weight excluding hydrogens is 213 g/mol. The first-order valence-electron chi connectivity index (χ1n) is 4.78. The number of nitrogens with one attached hydrogen (secondary N) is 1. The molecule has 0 saturated carbocycles. The van der Waals surface area contributed by atoms with Crippen LogP contribution < -0.4 is 5.32 Å². The van der Waals surface area contributed by atoms with Gasteiger partial charge in [-0.25, -0.2) is 4.39 Å². The van der Waals surface area contributed by atoms with Gasteiger partial charge < -0.3 is 10.4 Å². The number of carboxylic acids is 1. The van der Waals surface area contributed by atoms with Gasteiger partial charge in [-0.2, -0.15) is 0 Å². The fourth-order valence-electron chi connectivity index (χ4n) is 1.26. The zero-order valence-electron chi connectivity index (χ0n) is 8.57. The van der Waals surface area contributed by atoms with E-state index in [2.05, 4.69) is 5.32 Å². The molecule has 0 radical (unpaired) electrons. The molecule has 0 bridgehead atoms. The van der Waals surface area contributed by atoms with Gasteiger partial charge in [0.1, 0.15) is 6.67 Å². The summed E-state index contributed by atoms with van der Waals surface area (Å²) in [6.45, 7) is -0.664. The fourth-order valence-corrected chi connectivity index (χ4v) is 1.26. The molecule has 1 aromatic rings. The maximum atomic E-state index is 11.8. The number of alkyl halides is 1. The highest BCUT2D eigenvalue weighted by atomic mass is 19.1. The van der Waals surface area contributed by atoms with Gasteiger partial charge in [-0.05, 0) is 17.7 Å². The molecular formula is C11H12FNO3. The van der Waals surface area contributed by atoms with Crippen molar-refractivity contribution in [2.24, 2.45) is 0 Å². The Morgan fingerprint density at radius 2 is 2.12 bits per heavy atom. The maximum Gasteiger partial charge on any atom is 0.307 e. The number of benzene rings is 1. The van der Waals surface area contributed by atoms with Crippen molar-refractivity contribution in [3.05, 3.63) is 35.4 Å². The molecule has 5 heteroatoms. The smallest absolute Gasteiger partial charge is 0.307 e. The molecule has 0 spiro atoms. The summed E-state index contributed by atoms with van der Waals surface area (Å²) in [5.74, 6) is -1.36. The van der Waals surface area contributed by atoms with Crippen LogP contribution in [0.15, 0.2) is 24.3 Å². The van der Waals surface area contributed by atoms with E-state index in [0.717, 1.165) is 0 Å². The van der Waals surface area contributed by atoms with Crippen LogP contribution in [0.5, 0.6) is 0 Å². The lowest BCUT2D eigenvalue weighted by Gasteiger charge is -2.04. The van der Waals surface area contributed by atoms with Gasteiger partial charge >= 0.3 is 5.97 Å². The van der Waals surface area contributed by atoms with Crippen LogP contribution in [0.1, 0.15) is 15.9 Å². The van der Waals surface area contributed by atoms with Gasteiger partial charge in [0, 0.05) is 12.1 Å². The summed E-state index contributed by atoms with van der Waals surface area (Å²) in [5, 5.41) is 11.0. The lowest BCUT2D eigenvalue weighted by Crippen LogP contribution is -2.25. The quantitative estimate of drug-likeness (QED) is 0.786. The molecule has 1 aromatic carbocycles. The first kappa shape index (κ1) is 12.2. The third-order valence-corrected chi connectivity index (χ3v) is 1.92. The monoisotopic (exact) mass is 225 g/mol. The summed E-state index contributed by atoms with van der Waals surface area (Å²) in [7, 11) is 0. The number of rotatable bonds is 5. The number of hydrogen-bond donors (Lipinski definition) is 2. The van der Waals surface area contributed by atoms with Crippen molar-refractivity contribution < 1.29 is 19.1 Å². The minimum Gasteiger partial charge on any atom is -0.481 e. The average molecular weight is 225 g/mol. The highest BCUT2D eigenvalue weighted by molar-refractivity contribution is 5.94. The van der Waals surface area contributed by atoms with Gasteiger partial charge in [0.05, 0.1) is 6.42 Å². The summed E-state index contributed by atoms with van der Waals surface area (Å²) in [5.41, 5.74) is 0.882. The first-order valence-corrected chi connectivity index (χ1v) is 4.78. The van der Waals surface area contributed by atoms with Gasteiger partial charge in [0.25, 0.3) is 5.91 Å². The molecule has 0 aromatic heterocycles. The van der Waals surface area contributed by atoms with Crippen LogP contribution in [-0.4, -0.2) is 30.2 Å². The lowest BCUT2D eigenvalue weighted by molar-refractivity contribution is -0.136. The Labute approximate surface area is 92.1 Å².